The van der Waals surface area contributed by atoms with Crippen molar-refractivity contribution in [1.29, 1.82) is 0 Å². The summed E-state index contributed by atoms with van der Waals surface area (Å²) >= 11 is 0. The summed E-state index contributed by atoms with van der Waals surface area (Å²) in [5, 5.41) is 9.02. The molecule has 1 aliphatic rings. The Hall–Kier alpha value is -0.740. The summed E-state index contributed by atoms with van der Waals surface area (Å²) in [5.41, 5.74) is 0. The first-order chi connectivity index (χ1) is 8.42. The molecule has 9 heteroatoms. The molecule has 0 bridgehead atoms. The zero-order valence-corrected chi connectivity index (χ0v) is 11.1. The van der Waals surface area contributed by atoms with Crippen LogP contribution in [0.25, 0.3) is 0 Å². The number of nitrogens with zero attached hydrogens (tertiary/aromatic N) is 1. The van der Waals surface area contributed by atoms with Gasteiger partial charge < -0.3 is 14.6 Å². The lowest BCUT2D eigenvalue weighted by atomic mass is 10.2. The van der Waals surface area contributed by atoms with Crippen molar-refractivity contribution in [3.05, 3.63) is 0 Å². The predicted octanol–water partition coefficient (Wildman–Crippen LogP) is -1.36. The molecule has 1 aliphatic heterocycles. The minimum atomic E-state index is -3.83. The average molecular weight is 282 g/mol. The van der Waals surface area contributed by atoms with E-state index in [1.165, 1.54) is 14.2 Å². The number of carboxylic acids is 1. The van der Waals surface area contributed by atoms with Gasteiger partial charge >= 0.3 is 5.97 Å². The minimum Gasteiger partial charge on any atom is -0.480 e. The van der Waals surface area contributed by atoms with E-state index in [1.807, 2.05) is 0 Å². The van der Waals surface area contributed by atoms with E-state index in [9.17, 15) is 13.2 Å². The highest BCUT2D eigenvalue weighted by Crippen LogP contribution is 2.22. The summed E-state index contributed by atoms with van der Waals surface area (Å²) in [6.07, 6.45) is -0.248. The van der Waals surface area contributed by atoms with Crippen LogP contribution in [0.3, 0.4) is 0 Å². The molecule has 1 saturated heterocycles. The second-order valence-corrected chi connectivity index (χ2v) is 5.62. The van der Waals surface area contributed by atoms with Crippen molar-refractivity contribution in [2.75, 3.05) is 33.9 Å². The number of nitrogens with one attached hydrogen (secondary N) is 1. The molecule has 0 saturated carbocycles. The molecule has 8 nitrogen and oxygen atoms in total. The molecule has 0 amide bonds. The molecule has 1 fully saturated rings. The number of methoxy groups -OCH3 is 2. The van der Waals surface area contributed by atoms with Crippen LogP contribution in [-0.2, 0) is 24.5 Å². The molecular formula is C9H18N2O6S. The average Bonchev–Trinajstić information content (AvgIpc) is 2.74. The molecule has 0 aromatic carbocycles. The Kier molecular flexibility index (Phi) is 5.47. The Bertz CT molecular complexity index is 385. The third-order valence-corrected chi connectivity index (χ3v) is 4.33. The normalized spacial score (nSPS) is 25.4. The van der Waals surface area contributed by atoms with Gasteiger partial charge in [-0.15, -0.1) is 0 Å². The lowest BCUT2D eigenvalue weighted by molar-refractivity contribution is -0.140. The first kappa shape index (κ1) is 15.3. The van der Waals surface area contributed by atoms with Gasteiger partial charge in [0.15, 0.2) is 0 Å². The lowest BCUT2D eigenvalue weighted by Gasteiger charge is -2.20. The van der Waals surface area contributed by atoms with Crippen LogP contribution in [0.15, 0.2) is 0 Å². The van der Waals surface area contributed by atoms with E-state index in [4.69, 9.17) is 14.6 Å². The number of hydrogen-bond acceptors (Lipinski definition) is 5. The molecule has 0 aromatic rings. The van der Waals surface area contributed by atoms with E-state index in [2.05, 4.69) is 4.72 Å². The van der Waals surface area contributed by atoms with Crippen molar-refractivity contribution in [2.45, 2.75) is 18.6 Å². The van der Waals surface area contributed by atoms with Gasteiger partial charge in [0.2, 0.25) is 0 Å². The summed E-state index contributed by atoms with van der Waals surface area (Å²) in [6.45, 7) is 0.355. The van der Waals surface area contributed by atoms with Gasteiger partial charge in [-0.05, 0) is 0 Å². The first-order valence-corrected chi connectivity index (χ1v) is 6.87. The number of hydrogen-bond donors (Lipinski definition) is 2. The summed E-state index contributed by atoms with van der Waals surface area (Å²) in [6, 6.07) is -1.09. The molecule has 0 aliphatic carbocycles. The molecule has 2 unspecified atom stereocenters. The molecule has 0 spiro atoms. The maximum Gasteiger partial charge on any atom is 0.322 e. The smallest absolute Gasteiger partial charge is 0.322 e. The molecule has 0 aromatic heterocycles. The Morgan fingerprint density at radius 3 is 2.67 bits per heavy atom. The highest BCUT2D eigenvalue weighted by atomic mass is 32.2. The van der Waals surface area contributed by atoms with E-state index in [1.54, 1.807) is 0 Å². The molecule has 1 heterocycles. The maximum absolute atomic E-state index is 11.9. The highest BCUT2D eigenvalue weighted by Gasteiger charge is 2.43. The van der Waals surface area contributed by atoms with Crippen molar-refractivity contribution in [3.63, 3.8) is 0 Å². The summed E-state index contributed by atoms with van der Waals surface area (Å²) < 4.78 is 36.8. The molecule has 2 atom stereocenters. The maximum atomic E-state index is 11.9. The molecular weight excluding hydrogens is 264 g/mol. The van der Waals surface area contributed by atoms with E-state index in [0.29, 0.717) is 0 Å². The van der Waals surface area contributed by atoms with E-state index in [0.717, 1.165) is 4.31 Å². The van der Waals surface area contributed by atoms with E-state index in [-0.39, 0.29) is 26.1 Å². The van der Waals surface area contributed by atoms with Crippen LogP contribution in [0, 0.1) is 0 Å². The van der Waals surface area contributed by atoms with Crippen LogP contribution in [0.1, 0.15) is 6.42 Å². The summed E-state index contributed by atoms with van der Waals surface area (Å²) in [7, 11) is -0.949. The molecule has 106 valence electrons. The quantitative estimate of drug-likeness (QED) is 0.559. The third kappa shape index (κ3) is 3.62. The van der Waals surface area contributed by atoms with Crippen molar-refractivity contribution < 1.29 is 27.8 Å². The first-order valence-electron chi connectivity index (χ1n) is 5.43. The van der Waals surface area contributed by atoms with Gasteiger partial charge in [0, 0.05) is 33.7 Å². The Morgan fingerprint density at radius 2 is 2.17 bits per heavy atom. The van der Waals surface area contributed by atoms with Crippen LogP contribution < -0.4 is 4.72 Å². The number of rotatable bonds is 7. The van der Waals surface area contributed by atoms with Crippen LogP contribution in [-0.4, -0.2) is 69.9 Å². The Morgan fingerprint density at radius 1 is 1.50 bits per heavy atom. The standard InChI is InChI=1S/C9H18N2O6S/c1-16-4-3-10-18(14,15)11-6-7(17-2)5-8(11)9(12)13/h7-8,10H,3-6H2,1-2H3,(H,12,13). The predicted molar refractivity (Wildman–Crippen MR) is 62.3 cm³/mol. The molecule has 0 radical (unpaired) electrons. The van der Waals surface area contributed by atoms with Crippen LogP contribution in [0.2, 0.25) is 0 Å². The van der Waals surface area contributed by atoms with Gasteiger partial charge in [0.1, 0.15) is 6.04 Å². The minimum absolute atomic E-state index is 0.0375. The number of aliphatic carboxylic acids is 1. The van der Waals surface area contributed by atoms with Crippen molar-refractivity contribution >= 4 is 16.2 Å². The number of carboxylic acid groups (broad SMARTS) is 1. The van der Waals surface area contributed by atoms with Crippen LogP contribution in [0.4, 0.5) is 0 Å². The Labute approximate surface area is 106 Å². The van der Waals surface area contributed by atoms with Gasteiger partial charge in [-0.2, -0.15) is 17.4 Å². The third-order valence-electron chi connectivity index (χ3n) is 2.74. The number of ether oxygens (including phenoxy) is 2. The van der Waals surface area contributed by atoms with Gasteiger partial charge in [-0.3, -0.25) is 4.79 Å². The van der Waals surface area contributed by atoms with Crippen molar-refractivity contribution in [1.82, 2.24) is 9.03 Å². The van der Waals surface area contributed by atoms with Crippen molar-refractivity contribution in [2.24, 2.45) is 0 Å². The fourth-order valence-corrected chi connectivity index (χ4v) is 3.17. The summed E-state index contributed by atoms with van der Waals surface area (Å²) in [4.78, 5) is 11.0. The van der Waals surface area contributed by atoms with Gasteiger partial charge in [0.25, 0.3) is 10.2 Å². The van der Waals surface area contributed by atoms with E-state index < -0.39 is 28.3 Å². The van der Waals surface area contributed by atoms with Gasteiger partial charge in [0.05, 0.1) is 12.7 Å². The zero-order valence-electron chi connectivity index (χ0n) is 10.3. The fourth-order valence-electron chi connectivity index (χ4n) is 1.79. The largest absolute Gasteiger partial charge is 0.480 e. The monoisotopic (exact) mass is 282 g/mol. The van der Waals surface area contributed by atoms with Crippen LogP contribution in [0.5, 0.6) is 0 Å². The molecule has 2 N–H and O–H groups in total. The van der Waals surface area contributed by atoms with E-state index >= 15 is 0 Å². The zero-order chi connectivity index (χ0) is 13.8. The number of carbonyl (C=O) groups is 1. The fraction of sp³-hybridized carbons (Fsp3) is 0.889. The lowest BCUT2D eigenvalue weighted by Crippen LogP contribution is -2.47. The Balaban J connectivity index is 2.75. The highest BCUT2D eigenvalue weighted by molar-refractivity contribution is 7.87. The topological polar surface area (TPSA) is 105 Å². The molecule has 1 rings (SSSR count). The van der Waals surface area contributed by atoms with Gasteiger partial charge in [-0.25, -0.2) is 0 Å². The van der Waals surface area contributed by atoms with Gasteiger partial charge in [-0.1, -0.05) is 0 Å². The van der Waals surface area contributed by atoms with Crippen LogP contribution >= 0.6 is 0 Å². The SMILES string of the molecule is COCCNS(=O)(=O)N1CC(OC)CC1C(=O)O. The summed E-state index contributed by atoms with van der Waals surface area (Å²) in [5.74, 6) is -1.17. The molecule has 18 heavy (non-hydrogen) atoms. The van der Waals surface area contributed by atoms with Crippen molar-refractivity contribution in [3.8, 4) is 0 Å². The second-order valence-electron chi connectivity index (χ2n) is 3.91. The second kappa shape index (κ2) is 6.43.